The fourth-order valence-corrected chi connectivity index (χ4v) is 2.05. The lowest BCUT2D eigenvalue weighted by Crippen LogP contribution is -2.31. The summed E-state index contributed by atoms with van der Waals surface area (Å²) in [6.07, 6.45) is -0.762. The minimum Gasteiger partial charge on any atom is -0.463 e. The van der Waals surface area contributed by atoms with E-state index in [2.05, 4.69) is 15.0 Å². The number of anilines is 1. The van der Waals surface area contributed by atoms with Gasteiger partial charge in [-0.3, -0.25) is 14.2 Å². The van der Waals surface area contributed by atoms with Gasteiger partial charge in [-0.25, -0.2) is 4.98 Å². The van der Waals surface area contributed by atoms with Crippen LogP contribution < -0.4 is 5.73 Å². The molecule has 0 spiro atoms. The minimum absolute atomic E-state index is 0.0105. The predicted octanol–water partition coefficient (Wildman–Crippen LogP) is -0.450. The van der Waals surface area contributed by atoms with Crippen molar-refractivity contribution < 1.29 is 33.3 Å². The highest BCUT2D eigenvalue weighted by atomic mass is 19.1. The van der Waals surface area contributed by atoms with Crippen molar-refractivity contribution >= 4 is 29.1 Å². The fourth-order valence-electron chi connectivity index (χ4n) is 2.05. The number of nitrogen functional groups attached to an aromatic ring is 1. The van der Waals surface area contributed by atoms with E-state index in [1.165, 1.54) is 24.7 Å². The van der Waals surface area contributed by atoms with Crippen LogP contribution in [0.25, 0.3) is 11.2 Å². The molecule has 0 fully saturated rings. The molecule has 0 saturated carbocycles. The first kappa shape index (κ1) is 19.5. The van der Waals surface area contributed by atoms with Crippen molar-refractivity contribution in [2.45, 2.75) is 26.2 Å². The molecule has 142 valence electrons. The average molecular weight is 371 g/mol. The van der Waals surface area contributed by atoms with Crippen LogP contribution in [0.2, 0.25) is 0 Å². The molecule has 3 N–H and O–H groups in total. The summed E-state index contributed by atoms with van der Waals surface area (Å²) in [5.41, 5.74) is 5.31. The van der Waals surface area contributed by atoms with Gasteiger partial charge in [0.15, 0.2) is 17.4 Å². The lowest BCUT2D eigenvalue weighted by atomic mass is 10.4. The maximum atomic E-state index is 13.8. The number of halogens is 1. The third-order valence-corrected chi connectivity index (χ3v) is 3.16. The number of aromatic nitrogens is 4. The Balaban J connectivity index is 2.32. The number of aliphatic hydroxyl groups excluding tert-OH is 1. The Morgan fingerprint density at radius 3 is 2.54 bits per heavy atom. The van der Waals surface area contributed by atoms with Crippen LogP contribution in [0, 0.1) is 5.95 Å². The molecule has 0 aliphatic carbocycles. The summed E-state index contributed by atoms with van der Waals surface area (Å²) < 4.78 is 30.5. The van der Waals surface area contributed by atoms with Crippen molar-refractivity contribution in [1.29, 1.82) is 0 Å². The van der Waals surface area contributed by atoms with Gasteiger partial charge in [-0.15, -0.1) is 0 Å². The largest absolute Gasteiger partial charge is 0.463 e. The van der Waals surface area contributed by atoms with Crippen LogP contribution in [0.15, 0.2) is 6.33 Å². The normalized spacial score (nSPS) is 13.4. The van der Waals surface area contributed by atoms with E-state index in [4.69, 9.17) is 19.9 Å². The van der Waals surface area contributed by atoms with Crippen molar-refractivity contribution in [2.75, 3.05) is 25.6 Å². The molecule has 2 heterocycles. The van der Waals surface area contributed by atoms with Gasteiger partial charge in [0.2, 0.25) is 11.9 Å². The first-order valence-corrected chi connectivity index (χ1v) is 7.50. The Morgan fingerprint density at radius 2 is 1.92 bits per heavy atom. The van der Waals surface area contributed by atoms with Gasteiger partial charge in [-0.2, -0.15) is 14.4 Å². The van der Waals surface area contributed by atoms with E-state index in [-0.39, 0.29) is 30.3 Å². The SMILES string of the molecule is CC(=O)OCC(CO)OC(COC(C)=O)n1cnc2c(F)nc(N)nc21. The lowest BCUT2D eigenvalue weighted by molar-refractivity contribution is -0.162. The number of carbonyl (C=O) groups excluding carboxylic acids is 2. The molecular weight excluding hydrogens is 353 g/mol. The fraction of sp³-hybridized carbons (Fsp3) is 0.500. The van der Waals surface area contributed by atoms with E-state index < -0.39 is 36.8 Å². The second kappa shape index (κ2) is 8.49. The van der Waals surface area contributed by atoms with E-state index in [0.717, 1.165) is 0 Å². The molecule has 0 aromatic carbocycles. The smallest absolute Gasteiger partial charge is 0.302 e. The number of aliphatic hydroxyl groups is 1. The zero-order valence-corrected chi connectivity index (χ0v) is 14.1. The molecule has 2 aromatic rings. The Bertz CT molecular complexity index is 797. The highest BCUT2D eigenvalue weighted by molar-refractivity contribution is 5.71. The Kier molecular flexibility index (Phi) is 6.36. The molecule has 11 nitrogen and oxygen atoms in total. The first-order valence-electron chi connectivity index (χ1n) is 7.50. The summed E-state index contributed by atoms with van der Waals surface area (Å²) in [5.74, 6) is -2.37. The van der Waals surface area contributed by atoms with Crippen LogP contribution >= 0.6 is 0 Å². The topological polar surface area (TPSA) is 152 Å². The second-order valence-corrected chi connectivity index (χ2v) is 5.20. The summed E-state index contributed by atoms with van der Waals surface area (Å²) in [4.78, 5) is 33.2. The Hall–Kier alpha value is -2.86. The third kappa shape index (κ3) is 4.83. The summed E-state index contributed by atoms with van der Waals surface area (Å²) >= 11 is 0. The average Bonchev–Trinajstić information content (AvgIpc) is 2.98. The van der Waals surface area contributed by atoms with Crippen LogP contribution in [0.1, 0.15) is 20.1 Å². The van der Waals surface area contributed by atoms with E-state index in [0.29, 0.717) is 0 Å². The predicted molar refractivity (Wildman–Crippen MR) is 84.0 cm³/mol. The number of carbonyl (C=O) groups is 2. The van der Waals surface area contributed by atoms with Crippen LogP contribution in [0.3, 0.4) is 0 Å². The van der Waals surface area contributed by atoms with Crippen LogP contribution in [0.4, 0.5) is 10.3 Å². The number of nitrogens with zero attached hydrogens (tertiary/aromatic N) is 4. The number of rotatable bonds is 8. The molecule has 12 heteroatoms. The standard InChI is InChI=1S/C14H18FN5O6/c1-7(22)24-4-9(3-21)26-10(5-25-8(2)23)20-6-17-11-12(15)18-14(16)19-13(11)20/h6,9-10,21H,3-5H2,1-2H3,(H2,16,18,19). The number of esters is 2. The molecule has 2 unspecified atom stereocenters. The van der Waals surface area contributed by atoms with Crippen LogP contribution in [0.5, 0.6) is 0 Å². The van der Waals surface area contributed by atoms with Gasteiger partial charge in [0.25, 0.3) is 0 Å². The summed E-state index contributed by atoms with van der Waals surface area (Å²) in [6, 6.07) is 0. The molecular formula is C14H18FN5O6. The summed E-state index contributed by atoms with van der Waals surface area (Å²) in [6.45, 7) is 1.40. The van der Waals surface area contributed by atoms with Gasteiger partial charge in [0.05, 0.1) is 12.9 Å². The Morgan fingerprint density at radius 1 is 1.27 bits per heavy atom. The summed E-state index contributed by atoms with van der Waals surface area (Å²) in [5, 5.41) is 9.41. The van der Waals surface area contributed by atoms with Gasteiger partial charge in [0.1, 0.15) is 19.3 Å². The van der Waals surface area contributed by atoms with Gasteiger partial charge in [-0.1, -0.05) is 0 Å². The van der Waals surface area contributed by atoms with Crippen molar-refractivity contribution in [1.82, 2.24) is 19.5 Å². The molecule has 0 saturated heterocycles. The van der Waals surface area contributed by atoms with Crippen molar-refractivity contribution in [3.63, 3.8) is 0 Å². The molecule has 2 rings (SSSR count). The maximum Gasteiger partial charge on any atom is 0.302 e. The molecule has 0 amide bonds. The van der Waals surface area contributed by atoms with Gasteiger partial charge in [0, 0.05) is 13.8 Å². The van der Waals surface area contributed by atoms with Gasteiger partial charge >= 0.3 is 11.9 Å². The minimum atomic E-state index is -1.04. The molecule has 2 atom stereocenters. The van der Waals surface area contributed by atoms with E-state index in [9.17, 15) is 19.1 Å². The molecule has 0 radical (unpaired) electrons. The monoisotopic (exact) mass is 371 g/mol. The number of imidazole rings is 1. The molecule has 0 aliphatic rings. The highest BCUT2D eigenvalue weighted by Gasteiger charge is 2.24. The lowest BCUT2D eigenvalue weighted by Gasteiger charge is -2.24. The van der Waals surface area contributed by atoms with Gasteiger partial charge in [-0.05, 0) is 0 Å². The Labute approximate surface area is 146 Å². The van der Waals surface area contributed by atoms with Crippen LogP contribution in [-0.4, -0.2) is 62.5 Å². The van der Waals surface area contributed by atoms with Gasteiger partial charge < -0.3 is 25.1 Å². The molecule has 26 heavy (non-hydrogen) atoms. The van der Waals surface area contributed by atoms with Crippen LogP contribution in [-0.2, 0) is 23.8 Å². The maximum absolute atomic E-state index is 13.8. The van der Waals surface area contributed by atoms with Crippen molar-refractivity contribution in [3.8, 4) is 0 Å². The molecule has 0 aliphatic heterocycles. The number of ether oxygens (including phenoxy) is 3. The summed E-state index contributed by atoms with van der Waals surface area (Å²) in [7, 11) is 0. The zero-order valence-electron chi connectivity index (χ0n) is 14.1. The van der Waals surface area contributed by atoms with E-state index in [1.54, 1.807) is 0 Å². The molecule has 2 aromatic heterocycles. The highest BCUT2D eigenvalue weighted by Crippen LogP contribution is 2.21. The number of hydrogen-bond donors (Lipinski definition) is 2. The van der Waals surface area contributed by atoms with Crippen molar-refractivity contribution in [3.05, 3.63) is 12.3 Å². The number of hydrogen-bond acceptors (Lipinski definition) is 10. The number of fused-ring (bicyclic) bond motifs is 1. The van der Waals surface area contributed by atoms with E-state index in [1.807, 2.05) is 0 Å². The third-order valence-electron chi connectivity index (χ3n) is 3.16. The van der Waals surface area contributed by atoms with E-state index >= 15 is 0 Å². The zero-order chi connectivity index (χ0) is 19.3. The molecule has 0 bridgehead atoms. The second-order valence-electron chi connectivity index (χ2n) is 5.20. The first-order chi connectivity index (χ1) is 12.3. The number of nitrogens with two attached hydrogens (primary N) is 1. The quantitative estimate of drug-likeness (QED) is 0.461. The van der Waals surface area contributed by atoms with Crippen molar-refractivity contribution in [2.24, 2.45) is 0 Å².